The molecule has 53 heavy (non-hydrogen) atoms. The predicted molar refractivity (Wildman–Crippen MR) is 221 cm³/mol. The van der Waals surface area contributed by atoms with Gasteiger partial charge in [0, 0.05) is 33.2 Å². The van der Waals surface area contributed by atoms with Crippen molar-refractivity contribution in [1.29, 1.82) is 0 Å². The second kappa shape index (κ2) is 12.9. The summed E-state index contributed by atoms with van der Waals surface area (Å²) in [5, 5.41) is 4.86. The average molecular weight is 676 g/mol. The van der Waals surface area contributed by atoms with E-state index in [0.29, 0.717) is 5.82 Å². The van der Waals surface area contributed by atoms with Gasteiger partial charge in [-0.1, -0.05) is 164 Å². The highest BCUT2D eigenvalue weighted by Crippen LogP contribution is 2.36. The van der Waals surface area contributed by atoms with Crippen LogP contribution in [-0.4, -0.2) is 14.5 Å². The maximum absolute atomic E-state index is 5.17. The summed E-state index contributed by atoms with van der Waals surface area (Å²) in [5.41, 5.74) is 13.1. The molecule has 8 aromatic carbocycles. The molecule has 248 valence electrons. The van der Waals surface area contributed by atoms with Gasteiger partial charge in [-0.2, -0.15) is 0 Å². The maximum Gasteiger partial charge on any atom is 0.160 e. The van der Waals surface area contributed by atoms with E-state index in [1.807, 2.05) is 6.07 Å². The van der Waals surface area contributed by atoms with Crippen LogP contribution in [0.5, 0.6) is 0 Å². The Morgan fingerprint density at radius 2 is 0.811 bits per heavy atom. The minimum atomic E-state index is 0.707. The van der Waals surface area contributed by atoms with Crippen LogP contribution in [0.15, 0.2) is 200 Å². The molecule has 10 aromatic rings. The van der Waals surface area contributed by atoms with Crippen molar-refractivity contribution < 1.29 is 0 Å². The normalized spacial score (nSPS) is 11.4. The monoisotopic (exact) mass is 675 g/mol. The number of hydrogen-bond acceptors (Lipinski definition) is 2. The molecule has 0 spiro atoms. The van der Waals surface area contributed by atoms with Gasteiger partial charge >= 0.3 is 0 Å². The van der Waals surface area contributed by atoms with E-state index in [0.717, 1.165) is 39.3 Å². The Labute approximate surface area is 308 Å². The summed E-state index contributed by atoms with van der Waals surface area (Å²) in [6.45, 7) is 0. The maximum atomic E-state index is 5.17. The third kappa shape index (κ3) is 5.65. The van der Waals surface area contributed by atoms with Gasteiger partial charge in [0.25, 0.3) is 0 Å². The number of benzene rings is 8. The molecular formula is C50H33N3. The smallest absolute Gasteiger partial charge is 0.160 e. The number of aromatic nitrogens is 3. The van der Waals surface area contributed by atoms with Crippen LogP contribution >= 0.6 is 0 Å². The summed E-state index contributed by atoms with van der Waals surface area (Å²) in [4.78, 5) is 10.3. The zero-order valence-electron chi connectivity index (χ0n) is 28.9. The van der Waals surface area contributed by atoms with Crippen molar-refractivity contribution in [3.8, 4) is 61.8 Å². The summed E-state index contributed by atoms with van der Waals surface area (Å²) < 4.78 is 2.37. The van der Waals surface area contributed by atoms with Gasteiger partial charge in [0.2, 0.25) is 0 Å². The molecular weight excluding hydrogens is 643 g/mol. The molecule has 0 unspecified atom stereocenters. The third-order valence-electron chi connectivity index (χ3n) is 10.2. The van der Waals surface area contributed by atoms with Gasteiger partial charge in [-0.25, -0.2) is 9.97 Å². The summed E-state index contributed by atoms with van der Waals surface area (Å²) in [7, 11) is 0. The SMILES string of the molecule is c1ccc(-c2ccc(-c3cc(-c4ccc(-c5ccc6c7ccccc7n(-c7ccccc7)c6c5)cc4)nc(-c4ccc5ccccc5c4)n3)cc2)cc1. The van der Waals surface area contributed by atoms with Crippen LogP contribution in [-0.2, 0) is 0 Å². The first-order valence-corrected chi connectivity index (χ1v) is 18.0. The van der Waals surface area contributed by atoms with Crippen molar-refractivity contribution in [2.24, 2.45) is 0 Å². The Balaban J connectivity index is 1.06. The van der Waals surface area contributed by atoms with Gasteiger partial charge in [0.15, 0.2) is 5.82 Å². The Morgan fingerprint density at radius 1 is 0.302 bits per heavy atom. The highest BCUT2D eigenvalue weighted by Gasteiger charge is 2.15. The summed E-state index contributed by atoms with van der Waals surface area (Å²) in [6, 6.07) is 71.0. The van der Waals surface area contributed by atoms with E-state index in [1.54, 1.807) is 0 Å². The van der Waals surface area contributed by atoms with Gasteiger partial charge in [-0.15, -0.1) is 0 Å². The molecule has 3 nitrogen and oxygen atoms in total. The van der Waals surface area contributed by atoms with E-state index in [4.69, 9.17) is 9.97 Å². The quantitative estimate of drug-likeness (QED) is 0.176. The fourth-order valence-electron chi connectivity index (χ4n) is 7.50. The zero-order chi connectivity index (χ0) is 35.1. The van der Waals surface area contributed by atoms with E-state index in [2.05, 4.69) is 199 Å². The first-order valence-electron chi connectivity index (χ1n) is 18.0. The molecule has 0 saturated heterocycles. The van der Waals surface area contributed by atoms with Crippen LogP contribution in [0, 0.1) is 0 Å². The fraction of sp³-hybridized carbons (Fsp3) is 0. The molecule has 0 amide bonds. The Morgan fingerprint density at radius 3 is 1.53 bits per heavy atom. The molecule has 2 aromatic heterocycles. The van der Waals surface area contributed by atoms with Crippen molar-refractivity contribution >= 4 is 32.6 Å². The van der Waals surface area contributed by atoms with Crippen molar-refractivity contribution in [3.63, 3.8) is 0 Å². The first-order chi connectivity index (χ1) is 26.2. The lowest BCUT2D eigenvalue weighted by atomic mass is 9.99. The highest BCUT2D eigenvalue weighted by atomic mass is 15.0. The van der Waals surface area contributed by atoms with E-state index in [1.165, 1.54) is 49.3 Å². The lowest BCUT2D eigenvalue weighted by molar-refractivity contribution is 1.18. The number of fused-ring (bicyclic) bond motifs is 4. The van der Waals surface area contributed by atoms with Gasteiger partial charge in [0.1, 0.15) is 0 Å². The summed E-state index contributed by atoms with van der Waals surface area (Å²) in [6.07, 6.45) is 0. The second-order valence-corrected chi connectivity index (χ2v) is 13.5. The van der Waals surface area contributed by atoms with E-state index in [9.17, 15) is 0 Å². The minimum Gasteiger partial charge on any atom is -0.309 e. The molecule has 0 aliphatic heterocycles. The van der Waals surface area contributed by atoms with Gasteiger partial charge in [-0.3, -0.25) is 0 Å². The van der Waals surface area contributed by atoms with E-state index < -0.39 is 0 Å². The average Bonchev–Trinajstić information content (AvgIpc) is 3.58. The van der Waals surface area contributed by atoms with Gasteiger partial charge in [0.05, 0.1) is 22.4 Å². The molecule has 0 aliphatic rings. The number of hydrogen-bond donors (Lipinski definition) is 0. The molecule has 3 heteroatoms. The van der Waals surface area contributed by atoms with Crippen LogP contribution in [0.1, 0.15) is 0 Å². The van der Waals surface area contributed by atoms with Crippen molar-refractivity contribution in [1.82, 2.24) is 14.5 Å². The topological polar surface area (TPSA) is 30.7 Å². The molecule has 0 aliphatic carbocycles. The zero-order valence-corrected chi connectivity index (χ0v) is 28.9. The van der Waals surface area contributed by atoms with E-state index in [-0.39, 0.29) is 0 Å². The van der Waals surface area contributed by atoms with E-state index >= 15 is 0 Å². The molecule has 2 heterocycles. The van der Waals surface area contributed by atoms with Gasteiger partial charge < -0.3 is 4.57 Å². The Kier molecular flexibility index (Phi) is 7.47. The summed E-state index contributed by atoms with van der Waals surface area (Å²) >= 11 is 0. The van der Waals surface area contributed by atoms with Crippen LogP contribution in [0.3, 0.4) is 0 Å². The van der Waals surface area contributed by atoms with Crippen LogP contribution in [0.2, 0.25) is 0 Å². The van der Waals surface area contributed by atoms with Crippen LogP contribution < -0.4 is 0 Å². The lowest BCUT2D eigenvalue weighted by Gasteiger charge is -2.12. The highest BCUT2D eigenvalue weighted by molar-refractivity contribution is 6.10. The minimum absolute atomic E-state index is 0.707. The van der Waals surface area contributed by atoms with Crippen LogP contribution in [0.4, 0.5) is 0 Å². The summed E-state index contributed by atoms with van der Waals surface area (Å²) in [5.74, 6) is 0.707. The van der Waals surface area contributed by atoms with Gasteiger partial charge in [-0.05, 0) is 69.4 Å². The Bertz CT molecular complexity index is 2910. The number of rotatable bonds is 6. The van der Waals surface area contributed by atoms with Crippen molar-refractivity contribution in [3.05, 3.63) is 200 Å². The predicted octanol–water partition coefficient (Wildman–Crippen LogP) is 13.1. The largest absolute Gasteiger partial charge is 0.309 e. The third-order valence-corrected chi connectivity index (χ3v) is 10.2. The van der Waals surface area contributed by atoms with Crippen LogP contribution in [0.25, 0.3) is 94.4 Å². The van der Waals surface area contributed by atoms with Crippen molar-refractivity contribution in [2.75, 3.05) is 0 Å². The molecule has 0 atom stereocenters. The molecule has 0 fully saturated rings. The van der Waals surface area contributed by atoms with Crippen molar-refractivity contribution in [2.45, 2.75) is 0 Å². The number of nitrogens with zero attached hydrogens (tertiary/aromatic N) is 3. The number of para-hydroxylation sites is 2. The first kappa shape index (κ1) is 30.7. The molecule has 0 N–H and O–H groups in total. The second-order valence-electron chi connectivity index (χ2n) is 13.5. The molecule has 10 rings (SSSR count). The molecule has 0 radical (unpaired) electrons. The lowest BCUT2D eigenvalue weighted by Crippen LogP contribution is -1.96. The fourth-order valence-corrected chi connectivity index (χ4v) is 7.50. The molecule has 0 saturated carbocycles. The standard InChI is InChI=1S/C50H33N3/c1-3-11-34(12-4-1)36-19-24-38(25-20-36)46-33-47(52-50(51-46)42-28-23-35-13-7-8-14-40(35)31-42)39-26-21-37(22-27-39)41-29-30-45-44-17-9-10-18-48(44)53(49(45)32-41)43-15-5-2-6-16-43/h1-33H. The Hall–Kier alpha value is -7.10. The molecule has 0 bridgehead atoms.